The first-order valence-corrected chi connectivity index (χ1v) is 11.6. The highest BCUT2D eigenvalue weighted by Crippen LogP contribution is 2.36. The van der Waals surface area contributed by atoms with Crippen LogP contribution in [0.25, 0.3) is 60.6 Å². The van der Waals surface area contributed by atoms with Gasteiger partial charge in [-0.3, -0.25) is 4.98 Å². The van der Waals surface area contributed by atoms with Gasteiger partial charge in [-0.25, -0.2) is 0 Å². The molecular weight excluding hydrogens is 414 g/mol. The molecule has 0 aliphatic heterocycles. The molecule has 7 aromatic rings. The number of fused-ring (bicyclic) bond motifs is 6. The molecule has 4 aromatic carbocycles. The molecule has 3 heterocycles. The van der Waals surface area contributed by atoms with Crippen LogP contribution >= 0.6 is 0 Å². The summed E-state index contributed by atoms with van der Waals surface area (Å²) in [4.78, 5) is 4.68. The number of nitrogens with zero attached hydrogens (tertiary/aromatic N) is 3. The summed E-state index contributed by atoms with van der Waals surface area (Å²) in [6.45, 7) is 2.16. The molecule has 0 aliphatic rings. The molecular formula is C31H23N3. The van der Waals surface area contributed by atoms with E-state index in [9.17, 15) is 0 Å². The van der Waals surface area contributed by atoms with Crippen LogP contribution < -0.4 is 0 Å². The molecule has 7 rings (SSSR count). The van der Waals surface area contributed by atoms with Crippen molar-refractivity contribution in [3.63, 3.8) is 0 Å². The van der Waals surface area contributed by atoms with Gasteiger partial charge >= 0.3 is 0 Å². The largest absolute Gasteiger partial charge is 0.342 e. The molecule has 0 unspecified atom stereocenters. The van der Waals surface area contributed by atoms with Crippen LogP contribution in [-0.4, -0.2) is 14.1 Å². The fourth-order valence-corrected chi connectivity index (χ4v) is 5.37. The third-order valence-electron chi connectivity index (χ3n) is 7.03. The number of hydrogen-bond acceptors (Lipinski definition) is 1. The Morgan fingerprint density at radius 1 is 0.588 bits per heavy atom. The second kappa shape index (κ2) is 7.06. The Balaban J connectivity index is 1.52. The first-order chi connectivity index (χ1) is 16.7. The van der Waals surface area contributed by atoms with E-state index < -0.39 is 0 Å². The van der Waals surface area contributed by atoms with E-state index in [-0.39, 0.29) is 0 Å². The Morgan fingerprint density at radius 3 is 2.26 bits per heavy atom. The number of para-hydroxylation sites is 1. The Morgan fingerprint density at radius 2 is 1.38 bits per heavy atom. The minimum absolute atomic E-state index is 1.05. The minimum atomic E-state index is 1.05. The van der Waals surface area contributed by atoms with Gasteiger partial charge in [0.15, 0.2) is 0 Å². The molecule has 3 heteroatoms. The van der Waals surface area contributed by atoms with Gasteiger partial charge in [0.1, 0.15) is 0 Å². The monoisotopic (exact) mass is 437 g/mol. The maximum absolute atomic E-state index is 4.68. The Kier molecular flexibility index (Phi) is 3.97. The summed E-state index contributed by atoms with van der Waals surface area (Å²) in [5.74, 6) is 0. The molecule has 3 aromatic heterocycles. The molecule has 34 heavy (non-hydrogen) atoms. The number of pyridine rings is 1. The summed E-state index contributed by atoms with van der Waals surface area (Å²) < 4.78 is 4.60. The summed E-state index contributed by atoms with van der Waals surface area (Å²) in [5, 5.41) is 3.76. The predicted octanol–water partition coefficient (Wildman–Crippen LogP) is 7.80. The van der Waals surface area contributed by atoms with E-state index in [0.29, 0.717) is 0 Å². The second-order valence-electron chi connectivity index (χ2n) is 9.09. The zero-order valence-corrected chi connectivity index (χ0v) is 19.2. The maximum Gasteiger partial charge on any atom is 0.0959 e. The Hall–Kier alpha value is -4.37. The van der Waals surface area contributed by atoms with Gasteiger partial charge in [0, 0.05) is 35.1 Å². The Labute approximate surface area is 197 Å². The summed E-state index contributed by atoms with van der Waals surface area (Å²) >= 11 is 0. The van der Waals surface area contributed by atoms with Gasteiger partial charge in [0.25, 0.3) is 0 Å². The highest BCUT2D eigenvalue weighted by Gasteiger charge is 2.15. The lowest BCUT2D eigenvalue weighted by Crippen LogP contribution is -1.93. The van der Waals surface area contributed by atoms with Gasteiger partial charge in [-0.2, -0.15) is 0 Å². The predicted molar refractivity (Wildman–Crippen MR) is 143 cm³/mol. The Bertz CT molecular complexity index is 1870. The van der Waals surface area contributed by atoms with Gasteiger partial charge in [-0.05, 0) is 72.6 Å². The van der Waals surface area contributed by atoms with E-state index in [2.05, 4.69) is 119 Å². The number of hydrogen-bond donors (Lipinski definition) is 0. The number of benzene rings is 4. The van der Waals surface area contributed by atoms with Crippen molar-refractivity contribution in [2.75, 3.05) is 0 Å². The van der Waals surface area contributed by atoms with Crippen molar-refractivity contribution in [1.29, 1.82) is 0 Å². The second-order valence-corrected chi connectivity index (χ2v) is 9.09. The van der Waals surface area contributed by atoms with Crippen molar-refractivity contribution in [3.8, 4) is 16.8 Å². The fraction of sp³-hybridized carbons (Fsp3) is 0.0645. The zero-order chi connectivity index (χ0) is 22.8. The molecule has 0 fully saturated rings. The average molecular weight is 438 g/mol. The molecule has 0 radical (unpaired) electrons. The zero-order valence-electron chi connectivity index (χ0n) is 19.2. The number of rotatable bonds is 2. The smallest absolute Gasteiger partial charge is 0.0959 e. The molecule has 0 saturated heterocycles. The van der Waals surface area contributed by atoms with Gasteiger partial charge in [-0.1, -0.05) is 48.0 Å². The molecule has 3 nitrogen and oxygen atoms in total. The topological polar surface area (TPSA) is 22.8 Å². The first-order valence-electron chi connectivity index (χ1n) is 11.6. The van der Waals surface area contributed by atoms with Crippen LogP contribution in [-0.2, 0) is 7.05 Å². The molecule has 0 amide bonds. The fourth-order valence-electron chi connectivity index (χ4n) is 5.37. The number of aryl methyl sites for hydroxylation is 2. The quantitative estimate of drug-likeness (QED) is 0.270. The van der Waals surface area contributed by atoms with Gasteiger partial charge in [0.05, 0.1) is 27.6 Å². The highest BCUT2D eigenvalue weighted by molar-refractivity contribution is 6.11. The van der Waals surface area contributed by atoms with Crippen LogP contribution in [0.15, 0.2) is 103 Å². The summed E-state index contributed by atoms with van der Waals surface area (Å²) in [7, 11) is 2.11. The lowest BCUT2D eigenvalue weighted by atomic mass is 10.0. The van der Waals surface area contributed by atoms with Crippen molar-refractivity contribution in [1.82, 2.24) is 14.1 Å². The van der Waals surface area contributed by atoms with E-state index >= 15 is 0 Å². The van der Waals surface area contributed by atoms with Crippen LogP contribution in [0.4, 0.5) is 0 Å². The standard InChI is InChI=1S/C31H23N3/c1-20-10-14-28-25(17-20)24-13-11-22(19-30(24)34(28)23-7-4-3-5-8-23)21-12-15-27-26(18-21)31-29(33(27)2)9-6-16-32-31/h3-19H,1-2H3. The molecule has 0 N–H and O–H groups in total. The van der Waals surface area contributed by atoms with Gasteiger partial charge < -0.3 is 9.13 Å². The van der Waals surface area contributed by atoms with Crippen molar-refractivity contribution >= 4 is 43.7 Å². The molecule has 0 spiro atoms. The van der Waals surface area contributed by atoms with Crippen LogP contribution in [0.1, 0.15) is 5.56 Å². The van der Waals surface area contributed by atoms with Crippen molar-refractivity contribution in [2.45, 2.75) is 6.92 Å². The first kappa shape index (κ1) is 19.1. The highest BCUT2D eigenvalue weighted by atomic mass is 15.0. The average Bonchev–Trinajstić information content (AvgIpc) is 3.36. The third kappa shape index (κ3) is 2.67. The molecule has 0 saturated carbocycles. The molecule has 162 valence electrons. The van der Waals surface area contributed by atoms with Crippen LogP contribution in [0.3, 0.4) is 0 Å². The van der Waals surface area contributed by atoms with Crippen molar-refractivity contribution < 1.29 is 0 Å². The maximum atomic E-state index is 4.68. The number of aromatic nitrogens is 3. The van der Waals surface area contributed by atoms with E-state index in [4.69, 9.17) is 0 Å². The SMILES string of the molecule is Cc1ccc2c(c1)c1ccc(-c3ccc4c(c3)c3ncccc3n4C)cc1n2-c1ccccc1. The molecule has 0 aliphatic carbocycles. The van der Waals surface area contributed by atoms with Crippen LogP contribution in [0.2, 0.25) is 0 Å². The van der Waals surface area contributed by atoms with E-state index in [1.807, 2.05) is 12.3 Å². The van der Waals surface area contributed by atoms with E-state index in [0.717, 1.165) is 11.0 Å². The third-order valence-corrected chi connectivity index (χ3v) is 7.03. The molecule has 0 atom stereocenters. The van der Waals surface area contributed by atoms with Crippen molar-refractivity contribution in [3.05, 3.63) is 109 Å². The summed E-state index contributed by atoms with van der Waals surface area (Å²) in [6, 6.07) is 35.1. The van der Waals surface area contributed by atoms with E-state index in [1.165, 1.54) is 55.1 Å². The summed E-state index contributed by atoms with van der Waals surface area (Å²) in [6.07, 6.45) is 1.88. The minimum Gasteiger partial charge on any atom is -0.342 e. The van der Waals surface area contributed by atoms with Crippen molar-refractivity contribution in [2.24, 2.45) is 7.05 Å². The lowest BCUT2D eigenvalue weighted by Gasteiger charge is -2.09. The lowest BCUT2D eigenvalue weighted by molar-refractivity contribution is 1.01. The van der Waals surface area contributed by atoms with E-state index in [1.54, 1.807) is 0 Å². The van der Waals surface area contributed by atoms with Crippen LogP contribution in [0, 0.1) is 6.92 Å². The summed E-state index contributed by atoms with van der Waals surface area (Å²) in [5.41, 5.74) is 10.7. The normalized spacial score (nSPS) is 11.8. The van der Waals surface area contributed by atoms with Gasteiger partial charge in [-0.15, -0.1) is 0 Å². The van der Waals surface area contributed by atoms with Crippen LogP contribution in [0.5, 0.6) is 0 Å². The van der Waals surface area contributed by atoms with Gasteiger partial charge in [0.2, 0.25) is 0 Å². The molecule has 0 bridgehead atoms.